The van der Waals surface area contributed by atoms with Crippen LogP contribution in [0.3, 0.4) is 0 Å². The Morgan fingerprint density at radius 3 is 1.37 bits per heavy atom. The van der Waals surface area contributed by atoms with Gasteiger partial charge in [-0.25, -0.2) is 17.6 Å². The van der Waals surface area contributed by atoms with Crippen LogP contribution in [0.1, 0.15) is 44.5 Å². The molecule has 0 aromatic heterocycles. The summed E-state index contributed by atoms with van der Waals surface area (Å²) in [5, 5.41) is 0. The SMILES string of the molecule is Cc1ccc(C#Cc2c(F)c(F)c(C#Cc3c(C)cc(C)cc3C)c(F)c2F)cc1. The second kappa shape index (κ2) is 8.47. The first-order chi connectivity index (χ1) is 14.2. The molecule has 4 heteroatoms. The molecular formula is C26H18F4. The maximum absolute atomic E-state index is 14.5. The van der Waals surface area contributed by atoms with Gasteiger partial charge in [-0.05, 0) is 51.0 Å². The van der Waals surface area contributed by atoms with Crippen LogP contribution in [0.25, 0.3) is 0 Å². The molecule has 3 aromatic carbocycles. The van der Waals surface area contributed by atoms with Gasteiger partial charge < -0.3 is 0 Å². The number of rotatable bonds is 0. The molecule has 0 aliphatic rings. The van der Waals surface area contributed by atoms with Crippen LogP contribution >= 0.6 is 0 Å². The van der Waals surface area contributed by atoms with E-state index in [1.54, 1.807) is 24.3 Å². The number of aryl methyl sites for hydroxylation is 4. The second-order valence-electron chi connectivity index (χ2n) is 7.15. The highest BCUT2D eigenvalue weighted by Gasteiger charge is 2.23. The van der Waals surface area contributed by atoms with E-state index in [2.05, 4.69) is 23.7 Å². The van der Waals surface area contributed by atoms with Crippen molar-refractivity contribution in [2.24, 2.45) is 0 Å². The van der Waals surface area contributed by atoms with Crippen LogP contribution in [0.5, 0.6) is 0 Å². The van der Waals surface area contributed by atoms with Crippen molar-refractivity contribution in [2.75, 3.05) is 0 Å². The van der Waals surface area contributed by atoms with Crippen molar-refractivity contribution >= 4 is 0 Å². The van der Waals surface area contributed by atoms with Gasteiger partial charge in [-0.15, -0.1) is 0 Å². The first-order valence-electron chi connectivity index (χ1n) is 9.23. The Balaban J connectivity index is 2.08. The Bertz CT molecular complexity index is 1210. The van der Waals surface area contributed by atoms with Crippen molar-refractivity contribution < 1.29 is 17.6 Å². The first kappa shape index (κ1) is 21.2. The number of hydrogen-bond donors (Lipinski definition) is 0. The first-order valence-corrected chi connectivity index (χ1v) is 9.23. The third kappa shape index (κ3) is 4.24. The van der Waals surface area contributed by atoms with Gasteiger partial charge >= 0.3 is 0 Å². The van der Waals surface area contributed by atoms with E-state index in [0.29, 0.717) is 11.1 Å². The van der Waals surface area contributed by atoms with Crippen molar-refractivity contribution in [2.45, 2.75) is 27.7 Å². The summed E-state index contributed by atoms with van der Waals surface area (Å²) in [6.45, 7) is 7.40. The molecule has 0 unspecified atom stereocenters. The fourth-order valence-corrected chi connectivity index (χ4v) is 3.12. The summed E-state index contributed by atoms with van der Waals surface area (Å²) in [6.07, 6.45) is 0. The van der Waals surface area contributed by atoms with Gasteiger partial charge in [0.25, 0.3) is 0 Å². The van der Waals surface area contributed by atoms with E-state index in [9.17, 15) is 17.6 Å². The molecule has 0 amide bonds. The van der Waals surface area contributed by atoms with Gasteiger partial charge in [-0.3, -0.25) is 0 Å². The molecule has 0 heterocycles. The molecule has 0 N–H and O–H groups in total. The van der Waals surface area contributed by atoms with E-state index in [-0.39, 0.29) is 0 Å². The van der Waals surface area contributed by atoms with E-state index >= 15 is 0 Å². The molecule has 150 valence electrons. The summed E-state index contributed by atoms with van der Waals surface area (Å²) >= 11 is 0. The summed E-state index contributed by atoms with van der Waals surface area (Å²) in [4.78, 5) is 0. The van der Waals surface area contributed by atoms with Gasteiger partial charge in [0, 0.05) is 11.1 Å². The van der Waals surface area contributed by atoms with Crippen LogP contribution in [0.15, 0.2) is 36.4 Å². The van der Waals surface area contributed by atoms with Gasteiger partial charge in [0.2, 0.25) is 0 Å². The van der Waals surface area contributed by atoms with Crippen molar-refractivity contribution in [3.63, 3.8) is 0 Å². The lowest BCUT2D eigenvalue weighted by Crippen LogP contribution is -2.04. The van der Waals surface area contributed by atoms with Gasteiger partial charge in [0.05, 0.1) is 0 Å². The third-order valence-electron chi connectivity index (χ3n) is 4.64. The van der Waals surface area contributed by atoms with Crippen LogP contribution in [-0.2, 0) is 0 Å². The van der Waals surface area contributed by atoms with Crippen molar-refractivity contribution in [3.05, 3.63) is 104 Å². The van der Waals surface area contributed by atoms with E-state index < -0.39 is 34.4 Å². The predicted molar refractivity (Wildman–Crippen MR) is 110 cm³/mol. The third-order valence-corrected chi connectivity index (χ3v) is 4.64. The fourth-order valence-electron chi connectivity index (χ4n) is 3.12. The van der Waals surface area contributed by atoms with E-state index in [1.165, 1.54) is 0 Å². The van der Waals surface area contributed by atoms with E-state index in [0.717, 1.165) is 22.3 Å². The summed E-state index contributed by atoms with van der Waals surface area (Å²) in [5.74, 6) is 3.39. The standard InChI is InChI=1S/C26H18F4/c1-15-5-7-19(8-6-15)9-10-21-23(27)25(29)22(26(30)24(21)28)12-11-20-17(3)13-16(2)14-18(20)4/h5-8,13-14H,1-4H3. The number of halogens is 4. The van der Waals surface area contributed by atoms with Crippen LogP contribution in [0, 0.1) is 74.6 Å². The van der Waals surface area contributed by atoms with Crippen LogP contribution in [-0.4, -0.2) is 0 Å². The molecular weight excluding hydrogens is 388 g/mol. The van der Waals surface area contributed by atoms with Crippen LogP contribution in [0.4, 0.5) is 17.6 Å². The Hall–Kier alpha value is -3.50. The van der Waals surface area contributed by atoms with Crippen LogP contribution in [0.2, 0.25) is 0 Å². The summed E-state index contributed by atoms with van der Waals surface area (Å²) < 4.78 is 57.9. The Morgan fingerprint density at radius 2 is 0.900 bits per heavy atom. The largest absolute Gasteiger partial charge is 0.202 e. The monoisotopic (exact) mass is 406 g/mol. The summed E-state index contributed by atoms with van der Waals surface area (Å²) in [6, 6.07) is 10.6. The lowest BCUT2D eigenvalue weighted by atomic mass is 9.99. The lowest BCUT2D eigenvalue weighted by molar-refractivity contribution is 0.447. The molecule has 0 saturated carbocycles. The molecule has 0 radical (unpaired) electrons. The molecule has 0 aliphatic carbocycles. The normalized spacial score (nSPS) is 10.1. The zero-order valence-corrected chi connectivity index (χ0v) is 17.0. The molecule has 0 aliphatic heterocycles. The zero-order chi connectivity index (χ0) is 22.0. The highest BCUT2D eigenvalue weighted by atomic mass is 19.2. The molecule has 0 fully saturated rings. The highest BCUT2D eigenvalue weighted by molar-refractivity contribution is 5.54. The van der Waals surface area contributed by atoms with Crippen LogP contribution < -0.4 is 0 Å². The highest BCUT2D eigenvalue weighted by Crippen LogP contribution is 2.24. The average molecular weight is 406 g/mol. The van der Waals surface area contributed by atoms with Gasteiger partial charge in [-0.1, -0.05) is 59.1 Å². The van der Waals surface area contributed by atoms with Gasteiger partial charge in [0.1, 0.15) is 11.1 Å². The molecule has 0 bridgehead atoms. The van der Waals surface area contributed by atoms with Gasteiger partial charge in [0.15, 0.2) is 23.3 Å². The van der Waals surface area contributed by atoms with E-state index in [4.69, 9.17) is 0 Å². The molecule has 0 spiro atoms. The molecule has 0 nitrogen and oxygen atoms in total. The minimum absolute atomic E-state index is 0.467. The molecule has 30 heavy (non-hydrogen) atoms. The fraction of sp³-hybridized carbons (Fsp3) is 0.154. The molecule has 0 atom stereocenters. The quantitative estimate of drug-likeness (QED) is 0.234. The van der Waals surface area contributed by atoms with Crippen molar-refractivity contribution in [1.29, 1.82) is 0 Å². The minimum Gasteiger partial charge on any atom is -0.202 e. The van der Waals surface area contributed by atoms with Crippen molar-refractivity contribution in [1.82, 2.24) is 0 Å². The smallest absolute Gasteiger partial charge is 0.178 e. The summed E-state index contributed by atoms with van der Waals surface area (Å²) in [5.41, 5.74) is 2.73. The predicted octanol–water partition coefficient (Wildman–Crippen LogP) is 6.28. The number of benzene rings is 3. The van der Waals surface area contributed by atoms with Gasteiger partial charge in [-0.2, -0.15) is 0 Å². The van der Waals surface area contributed by atoms with Crippen molar-refractivity contribution in [3.8, 4) is 23.7 Å². The topological polar surface area (TPSA) is 0 Å². The van der Waals surface area contributed by atoms with E-state index in [1.807, 2.05) is 39.8 Å². The maximum Gasteiger partial charge on any atom is 0.178 e. The summed E-state index contributed by atoms with van der Waals surface area (Å²) in [7, 11) is 0. The number of hydrogen-bond acceptors (Lipinski definition) is 0. The molecule has 0 saturated heterocycles. The Labute approximate surface area is 173 Å². The minimum atomic E-state index is -1.56. The Kier molecular flexibility index (Phi) is 5.99. The molecule has 3 rings (SSSR count). The second-order valence-corrected chi connectivity index (χ2v) is 7.15. The maximum atomic E-state index is 14.5. The molecule has 3 aromatic rings. The zero-order valence-electron chi connectivity index (χ0n) is 17.0. The Morgan fingerprint density at radius 1 is 0.500 bits per heavy atom. The lowest BCUT2D eigenvalue weighted by Gasteiger charge is -2.06. The average Bonchev–Trinajstić information content (AvgIpc) is 2.69.